The first-order valence-electron chi connectivity index (χ1n) is 9.54. The third-order valence-electron chi connectivity index (χ3n) is 5.77. The minimum atomic E-state index is 0.779. The molecular formula is C20H33N3. The summed E-state index contributed by atoms with van der Waals surface area (Å²) in [6, 6.07) is 12.5. The number of piperazine rings is 1. The zero-order valence-corrected chi connectivity index (χ0v) is 15.0. The van der Waals surface area contributed by atoms with E-state index in [1.807, 2.05) is 0 Å². The third kappa shape index (κ3) is 4.34. The fourth-order valence-electron chi connectivity index (χ4n) is 4.41. The minimum Gasteiger partial charge on any atom is -0.303 e. The molecule has 0 N–H and O–H groups in total. The Bertz CT molecular complexity index is 443. The summed E-state index contributed by atoms with van der Waals surface area (Å²) in [4.78, 5) is 8.09. The van der Waals surface area contributed by atoms with Crippen LogP contribution in [-0.2, 0) is 6.54 Å². The van der Waals surface area contributed by atoms with E-state index in [4.69, 9.17) is 0 Å². The molecule has 3 heteroatoms. The van der Waals surface area contributed by atoms with Gasteiger partial charge in [0, 0.05) is 44.8 Å². The summed E-state index contributed by atoms with van der Waals surface area (Å²) in [6.07, 6.45) is 4.20. The fourth-order valence-corrected chi connectivity index (χ4v) is 4.41. The highest BCUT2D eigenvalue weighted by atomic mass is 15.3. The van der Waals surface area contributed by atoms with Crippen molar-refractivity contribution < 1.29 is 0 Å². The second-order valence-corrected chi connectivity index (χ2v) is 7.18. The van der Waals surface area contributed by atoms with Crippen molar-refractivity contribution in [1.82, 2.24) is 14.7 Å². The van der Waals surface area contributed by atoms with E-state index in [9.17, 15) is 0 Å². The molecule has 2 atom stereocenters. The molecule has 0 radical (unpaired) electrons. The molecule has 2 saturated heterocycles. The topological polar surface area (TPSA) is 9.72 Å². The van der Waals surface area contributed by atoms with Crippen LogP contribution in [0.5, 0.6) is 0 Å². The molecule has 0 spiro atoms. The lowest BCUT2D eigenvalue weighted by molar-refractivity contribution is -0.0164. The van der Waals surface area contributed by atoms with E-state index in [0.29, 0.717) is 0 Å². The monoisotopic (exact) mass is 315 g/mol. The van der Waals surface area contributed by atoms with Crippen molar-refractivity contribution in [3.05, 3.63) is 35.9 Å². The molecule has 2 bridgehead atoms. The van der Waals surface area contributed by atoms with Gasteiger partial charge in [0.05, 0.1) is 0 Å². The maximum Gasteiger partial charge on any atom is 0.0235 e. The second-order valence-electron chi connectivity index (χ2n) is 7.18. The van der Waals surface area contributed by atoms with Gasteiger partial charge >= 0.3 is 0 Å². The van der Waals surface area contributed by atoms with Crippen LogP contribution in [0.1, 0.15) is 38.7 Å². The predicted molar refractivity (Wildman–Crippen MR) is 97.6 cm³/mol. The van der Waals surface area contributed by atoms with Crippen molar-refractivity contribution in [2.75, 3.05) is 39.3 Å². The van der Waals surface area contributed by atoms with Crippen LogP contribution in [0.4, 0.5) is 0 Å². The highest BCUT2D eigenvalue weighted by molar-refractivity contribution is 5.14. The number of likely N-dealkylation sites (N-methyl/N-ethyl adjacent to an activating group) is 1. The van der Waals surface area contributed by atoms with Gasteiger partial charge in [0.15, 0.2) is 0 Å². The highest BCUT2D eigenvalue weighted by Gasteiger charge is 2.36. The SMILES string of the molecule is CCN(CC)CCN1C2CCCC1CN(Cc1ccccc1)C2. The molecule has 2 fully saturated rings. The van der Waals surface area contributed by atoms with Gasteiger partial charge in [0.2, 0.25) is 0 Å². The molecule has 0 aromatic heterocycles. The Morgan fingerprint density at radius 1 is 1.00 bits per heavy atom. The van der Waals surface area contributed by atoms with E-state index < -0.39 is 0 Å². The number of rotatable bonds is 7. The molecule has 0 saturated carbocycles. The van der Waals surface area contributed by atoms with Crippen LogP contribution >= 0.6 is 0 Å². The summed E-state index contributed by atoms with van der Waals surface area (Å²) in [5.41, 5.74) is 1.46. The van der Waals surface area contributed by atoms with E-state index >= 15 is 0 Å². The molecule has 1 aromatic rings. The van der Waals surface area contributed by atoms with Crippen LogP contribution in [0.3, 0.4) is 0 Å². The quantitative estimate of drug-likeness (QED) is 0.766. The van der Waals surface area contributed by atoms with Gasteiger partial charge in [-0.25, -0.2) is 0 Å². The molecule has 1 aromatic carbocycles. The van der Waals surface area contributed by atoms with Gasteiger partial charge in [-0.1, -0.05) is 50.6 Å². The van der Waals surface area contributed by atoms with Crippen LogP contribution in [0.25, 0.3) is 0 Å². The Kier molecular flexibility index (Phi) is 6.09. The molecule has 2 unspecified atom stereocenters. The molecule has 3 nitrogen and oxygen atoms in total. The lowest BCUT2D eigenvalue weighted by atomic mass is 9.91. The van der Waals surface area contributed by atoms with Gasteiger partial charge in [-0.05, 0) is 31.5 Å². The van der Waals surface area contributed by atoms with Gasteiger partial charge in [-0.3, -0.25) is 9.80 Å². The summed E-state index contributed by atoms with van der Waals surface area (Å²) in [5, 5.41) is 0. The summed E-state index contributed by atoms with van der Waals surface area (Å²) in [5.74, 6) is 0. The predicted octanol–water partition coefficient (Wildman–Crippen LogP) is 3.07. The molecule has 3 rings (SSSR count). The Labute approximate surface area is 142 Å². The van der Waals surface area contributed by atoms with E-state index in [1.54, 1.807) is 0 Å². The second kappa shape index (κ2) is 8.27. The standard InChI is InChI=1S/C20H33N3/c1-3-21(4-2)13-14-23-19-11-8-12-20(23)17-22(16-19)15-18-9-6-5-7-10-18/h5-7,9-10,19-20H,3-4,8,11-17H2,1-2H3. The van der Waals surface area contributed by atoms with Gasteiger partial charge in [0.1, 0.15) is 0 Å². The van der Waals surface area contributed by atoms with Crippen LogP contribution in [-0.4, -0.2) is 66.1 Å². The zero-order valence-electron chi connectivity index (χ0n) is 15.0. The van der Waals surface area contributed by atoms with Gasteiger partial charge < -0.3 is 4.90 Å². The minimum absolute atomic E-state index is 0.779. The van der Waals surface area contributed by atoms with Crippen molar-refractivity contribution in [2.24, 2.45) is 0 Å². The summed E-state index contributed by atoms with van der Waals surface area (Å²) in [6.45, 7) is 13.0. The summed E-state index contributed by atoms with van der Waals surface area (Å²) in [7, 11) is 0. The lowest BCUT2D eigenvalue weighted by Crippen LogP contribution is -2.61. The Hall–Kier alpha value is -0.900. The van der Waals surface area contributed by atoms with Crippen molar-refractivity contribution >= 4 is 0 Å². The first-order valence-corrected chi connectivity index (χ1v) is 9.54. The zero-order chi connectivity index (χ0) is 16.1. The summed E-state index contributed by atoms with van der Waals surface area (Å²) < 4.78 is 0. The number of hydrogen-bond donors (Lipinski definition) is 0. The Balaban J connectivity index is 1.57. The molecule has 2 heterocycles. The van der Waals surface area contributed by atoms with Crippen molar-refractivity contribution in [3.8, 4) is 0 Å². The number of nitrogens with zero attached hydrogens (tertiary/aromatic N) is 3. The number of piperidine rings is 1. The molecule has 23 heavy (non-hydrogen) atoms. The fraction of sp³-hybridized carbons (Fsp3) is 0.700. The first kappa shape index (κ1) is 16.9. The third-order valence-corrected chi connectivity index (χ3v) is 5.77. The molecular weight excluding hydrogens is 282 g/mol. The molecule has 128 valence electrons. The number of benzene rings is 1. The average molecular weight is 316 g/mol. The van der Waals surface area contributed by atoms with E-state index in [1.165, 1.54) is 64.1 Å². The van der Waals surface area contributed by atoms with Crippen LogP contribution < -0.4 is 0 Å². The van der Waals surface area contributed by atoms with Crippen molar-refractivity contribution in [2.45, 2.75) is 51.7 Å². The molecule has 0 amide bonds. The normalized spacial score (nSPS) is 25.9. The Morgan fingerprint density at radius 3 is 2.26 bits per heavy atom. The van der Waals surface area contributed by atoms with Gasteiger partial charge in [0.25, 0.3) is 0 Å². The van der Waals surface area contributed by atoms with E-state index in [0.717, 1.165) is 18.6 Å². The Morgan fingerprint density at radius 2 is 1.65 bits per heavy atom. The molecule has 0 aliphatic carbocycles. The molecule has 2 aliphatic rings. The number of fused-ring (bicyclic) bond motifs is 2. The van der Waals surface area contributed by atoms with Crippen molar-refractivity contribution in [1.29, 1.82) is 0 Å². The van der Waals surface area contributed by atoms with E-state index in [2.05, 4.69) is 58.9 Å². The number of likely N-dealkylation sites (tertiary alicyclic amines) is 1. The summed E-state index contributed by atoms with van der Waals surface area (Å²) >= 11 is 0. The smallest absolute Gasteiger partial charge is 0.0235 e. The number of hydrogen-bond acceptors (Lipinski definition) is 3. The van der Waals surface area contributed by atoms with Crippen LogP contribution in [0.2, 0.25) is 0 Å². The molecule has 2 aliphatic heterocycles. The van der Waals surface area contributed by atoms with Gasteiger partial charge in [-0.2, -0.15) is 0 Å². The first-order chi connectivity index (χ1) is 11.3. The van der Waals surface area contributed by atoms with E-state index in [-0.39, 0.29) is 0 Å². The van der Waals surface area contributed by atoms with Crippen LogP contribution in [0.15, 0.2) is 30.3 Å². The largest absolute Gasteiger partial charge is 0.303 e. The maximum absolute atomic E-state index is 2.84. The van der Waals surface area contributed by atoms with Gasteiger partial charge in [-0.15, -0.1) is 0 Å². The maximum atomic E-state index is 2.84. The highest BCUT2D eigenvalue weighted by Crippen LogP contribution is 2.29. The lowest BCUT2D eigenvalue weighted by Gasteiger charge is -2.50. The van der Waals surface area contributed by atoms with Crippen LogP contribution in [0, 0.1) is 0 Å². The average Bonchev–Trinajstić information content (AvgIpc) is 2.57. The van der Waals surface area contributed by atoms with Crippen molar-refractivity contribution in [3.63, 3.8) is 0 Å².